The standard InChI is InChI=1S/C21H27F/c1-14(2)16-8-7-9-18(12-16)21(5,6)19-11-10-17(15(3)4)13-20(19)22/h7-15H,1-6H3. The van der Waals surface area contributed by atoms with Gasteiger partial charge in [0.25, 0.3) is 0 Å². The van der Waals surface area contributed by atoms with Gasteiger partial charge in [0.1, 0.15) is 5.82 Å². The molecule has 2 aromatic carbocycles. The summed E-state index contributed by atoms with van der Waals surface area (Å²) in [6.45, 7) is 12.7. The van der Waals surface area contributed by atoms with E-state index in [4.69, 9.17) is 0 Å². The summed E-state index contributed by atoms with van der Waals surface area (Å²) in [4.78, 5) is 0. The SMILES string of the molecule is CC(C)c1cccc(C(C)(C)c2ccc(C(C)C)cc2F)c1. The van der Waals surface area contributed by atoms with Crippen LogP contribution < -0.4 is 0 Å². The van der Waals surface area contributed by atoms with Crippen LogP contribution in [0.2, 0.25) is 0 Å². The highest BCUT2D eigenvalue weighted by molar-refractivity contribution is 5.42. The van der Waals surface area contributed by atoms with Gasteiger partial charge in [-0.15, -0.1) is 0 Å². The van der Waals surface area contributed by atoms with E-state index < -0.39 is 0 Å². The predicted octanol–water partition coefficient (Wildman–Crippen LogP) is 6.40. The summed E-state index contributed by atoms with van der Waals surface area (Å²) >= 11 is 0. The van der Waals surface area contributed by atoms with Gasteiger partial charge >= 0.3 is 0 Å². The molecule has 1 heteroatoms. The first-order valence-electron chi connectivity index (χ1n) is 8.14. The van der Waals surface area contributed by atoms with Gasteiger partial charge in [-0.1, -0.05) is 77.9 Å². The van der Waals surface area contributed by atoms with Gasteiger partial charge in [0.2, 0.25) is 0 Å². The molecule has 0 atom stereocenters. The van der Waals surface area contributed by atoms with Gasteiger partial charge in [-0.05, 0) is 40.2 Å². The molecule has 0 nitrogen and oxygen atoms in total. The fraction of sp³-hybridized carbons (Fsp3) is 0.429. The quantitative estimate of drug-likeness (QED) is 0.612. The van der Waals surface area contributed by atoms with E-state index in [1.165, 1.54) is 5.56 Å². The number of benzene rings is 2. The molecule has 0 fully saturated rings. The van der Waals surface area contributed by atoms with Crippen molar-refractivity contribution in [1.82, 2.24) is 0 Å². The van der Waals surface area contributed by atoms with E-state index in [2.05, 4.69) is 71.9 Å². The third-order valence-corrected chi connectivity index (χ3v) is 4.61. The average Bonchev–Trinajstić information content (AvgIpc) is 2.46. The van der Waals surface area contributed by atoms with E-state index >= 15 is 0 Å². The van der Waals surface area contributed by atoms with E-state index in [0.717, 1.165) is 16.7 Å². The zero-order valence-corrected chi connectivity index (χ0v) is 14.6. The van der Waals surface area contributed by atoms with Crippen LogP contribution in [0.1, 0.15) is 75.6 Å². The summed E-state index contributed by atoms with van der Waals surface area (Å²) in [6.07, 6.45) is 0. The molecule has 0 heterocycles. The van der Waals surface area contributed by atoms with Crippen molar-refractivity contribution in [2.75, 3.05) is 0 Å². The molecule has 118 valence electrons. The Bertz CT molecular complexity index is 651. The van der Waals surface area contributed by atoms with Crippen molar-refractivity contribution in [1.29, 1.82) is 0 Å². The molecule has 2 rings (SSSR count). The van der Waals surface area contributed by atoms with Crippen LogP contribution in [0.15, 0.2) is 42.5 Å². The van der Waals surface area contributed by atoms with E-state index in [-0.39, 0.29) is 11.2 Å². The van der Waals surface area contributed by atoms with Gasteiger partial charge in [0.05, 0.1) is 0 Å². The highest BCUT2D eigenvalue weighted by atomic mass is 19.1. The second-order valence-electron chi connectivity index (χ2n) is 7.30. The second-order valence-corrected chi connectivity index (χ2v) is 7.30. The maximum atomic E-state index is 14.7. The fourth-order valence-electron chi connectivity index (χ4n) is 2.84. The number of halogens is 1. The third kappa shape index (κ3) is 3.24. The van der Waals surface area contributed by atoms with Crippen molar-refractivity contribution < 1.29 is 4.39 Å². The normalized spacial score (nSPS) is 12.2. The van der Waals surface area contributed by atoms with E-state index in [1.807, 2.05) is 6.07 Å². The number of rotatable bonds is 4. The van der Waals surface area contributed by atoms with Crippen molar-refractivity contribution in [2.24, 2.45) is 0 Å². The van der Waals surface area contributed by atoms with Crippen molar-refractivity contribution >= 4 is 0 Å². The molecule has 0 bridgehead atoms. The minimum absolute atomic E-state index is 0.105. The van der Waals surface area contributed by atoms with Crippen LogP contribution in [-0.2, 0) is 5.41 Å². The molecule has 0 saturated carbocycles. The summed E-state index contributed by atoms with van der Waals surface area (Å²) in [5.74, 6) is 0.714. The van der Waals surface area contributed by atoms with E-state index in [0.29, 0.717) is 11.8 Å². The highest BCUT2D eigenvalue weighted by Gasteiger charge is 2.27. The Hall–Kier alpha value is -1.63. The minimum Gasteiger partial charge on any atom is -0.207 e. The lowest BCUT2D eigenvalue weighted by Crippen LogP contribution is -2.21. The molecule has 0 aliphatic heterocycles. The first-order valence-corrected chi connectivity index (χ1v) is 8.14. The third-order valence-electron chi connectivity index (χ3n) is 4.61. The van der Waals surface area contributed by atoms with Crippen molar-refractivity contribution in [3.63, 3.8) is 0 Å². The highest BCUT2D eigenvalue weighted by Crippen LogP contribution is 2.35. The van der Waals surface area contributed by atoms with Crippen molar-refractivity contribution in [2.45, 2.75) is 58.8 Å². The van der Waals surface area contributed by atoms with Gasteiger partial charge in [-0.25, -0.2) is 4.39 Å². The van der Waals surface area contributed by atoms with Crippen LogP contribution in [0.25, 0.3) is 0 Å². The smallest absolute Gasteiger partial charge is 0.127 e. The molecule has 0 unspecified atom stereocenters. The Kier molecular flexibility index (Phi) is 4.75. The van der Waals surface area contributed by atoms with Crippen molar-refractivity contribution in [3.8, 4) is 0 Å². The Morgan fingerprint density at radius 3 is 1.95 bits per heavy atom. The molecule has 0 aliphatic carbocycles. The molecule has 2 aromatic rings. The van der Waals surface area contributed by atoms with Gasteiger partial charge in [-0.2, -0.15) is 0 Å². The maximum absolute atomic E-state index is 14.7. The number of hydrogen-bond donors (Lipinski definition) is 0. The molecule has 0 aromatic heterocycles. The van der Waals surface area contributed by atoms with Crippen LogP contribution in [0.5, 0.6) is 0 Å². The summed E-state index contributed by atoms with van der Waals surface area (Å²) < 4.78 is 14.7. The maximum Gasteiger partial charge on any atom is 0.127 e. The van der Waals surface area contributed by atoms with Crippen LogP contribution in [0, 0.1) is 5.82 Å². The summed E-state index contributed by atoms with van der Waals surface area (Å²) in [5, 5.41) is 0. The Morgan fingerprint density at radius 2 is 1.41 bits per heavy atom. The van der Waals surface area contributed by atoms with Crippen molar-refractivity contribution in [3.05, 3.63) is 70.5 Å². The lowest BCUT2D eigenvalue weighted by atomic mass is 9.76. The minimum atomic E-state index is -0.343. The first-order chi connectivity index (χ1) is 10.2. The fourth-order valence-corrected chi connectivity index (χ4v) is 2.84. The van der Waals surface area contributed by atoms with Gasteiger partial charge < -0.3 is 0 Å². The molecule has 0 spiro atoms. The average molecular weight is 298 g/mol. The Labute approximate surface area is 134 Å². The summed E-state index contributed by atoms with van der Waals surface area (Å²) in [6, 6.07) is 14.2. The van der Waals surface area contributed by atoms with Crippen LogP contribution in [-0.4, -0.2) is 0 Å². The monoisotopic (exact) mass is 298 g/mol. The molecular weight excluding hydrogens is 271 g/mol. The first kappa shape index (κ1) is 16.7. The Balaban J connectivity index is 2.48. The van der Waals surface area contributed by atoms with Gasteiger partial charge in [-0.3, -0.25) is 0 Å². The zero-order chi connectivity index (χ0) is 16.5. The summed E-state index contributed by atoms with van der Waals surface area (Å²) in [5.41, 5.74) is 3.93. The summed E-state index contributed by atoms with van der Waals surface area (Å²) in [7, 11) is 0. The zero-order valence-electron chi connectivity index (χ0n) is 14.6. The van der Waals surface area contributed by atoms with Gasteiger partial charge in [0.15, 0.2) is 0 Å². The largest absolute Gasteiger partial charge is 0.207 e. The van der Waals surface area contributed by atoms with Crippen LogP contribution >= 0.6 is 0 Å². The van der Waals surface area contributed by atoms with Crippen LogP contribution in [0.3, 0.4) is 0 Å². The second kappa shape index (κ2) is 6.24. The predicted molar refractivity (Wildman–Crippen MR) is 93.1 cm³/mol. The van der Waals surface area contributed by atoms with Gasteiger partial charge in [0, 0.05) is 5.41 Å². The Morgan fingerprint density at radius 1 is 0.818 bits per heavy atom. The molecule has 0 saturated heterocycles. The van der Waals surface area contributed by atoms with E-state index in [9.17, 15) is 4.39 Å². The molecule has 0 aliphatic rings. The molecule has 0 N–H and O–H groups in total. The molecule has 0 radical (unpaired) electrons. The number of hydrogen-bond acceptors (Lipinski definition) is 0. The lowest BCUT2D eigenvalue weighted by Gasteiger charge is -2.28. The molecule has 0 amide bonds. The van der Waals surface area contributed by atoms with E-state index in [1.54, 1.807) is 6.07 Å². The molecule has 22 heavy (non-hydrogen) atoms. The topological polar surface area (TPSA) is 0 Å². The lowest BCUT2D eigenvalue weighted by molar-refractivity contribution is 0.545. The van der Waals surface area contributed by atoms with Crippen LogP contribution in [0.4, 0.5) is 4.39 Å². The molecular formula is C21H27F.